The number of carbonyl (C=O) groups is 1. The molecule has 1 aromatic heterocycles. The van der Waals surface area contributed by atoms with Gasteiger partial charge in [-0.05, 0) is 0 Å². The normalized spacial score (nSPS) is 11.9. The van der Waals surface area contributed by atoms with Crippen LogP contribution in [0.3, 0.4) is 0 Å². The van der Waals surface area contributed by atoms with E-state index in [9.17, 15) is 31.1 Å². The van der Waals surface area contributed by atoms with Crippen molar-refractivity contribution in [1.82, 2.24) is 4.98 Å². The quantitative estimate of drug-likeness (QED) is 0.861. The van der Waals surface area contributed by atoms with Crippen molar-refractivity contribution < 1.29 is 36.2 Å². The molecule has 0 saturated heterocycles. The van der Waals surface area contributed by atoms with Gasteiger partial charge in [-0.25, -0.2) is 13.2 Å². The summed E-state index contributed by atoms with van der Waals surface area (Å²) in [5.41, 5.74) is -4.52. The molecule has 0 aliphatic rings. The molecule has 0 bridgehead atoms. The van der Waals surface area contributed by atoms with Gasteiger partial charge >= 0.3 is 12.1 Å². The first kappa shape index (κ1) is 14.3. The van der Waals surface area contributed by atoms with E-state index in [2.05, 4.69) is 4.98 Å². The van der Waals surface area contributed by atoms with Gasteiger partial charge in [-0.3, -0.25) is 9.78 Å². The van der Waals surface area contributed by atoms with Crippen molar-refractivity contribution in [2.24, 2.45) is 0 Å². The van der Waals surface area contributed by atoms with Crippen molar-refractivity contribution in [2.75, 3.05) is 0 Å². The van der Waals surface area contributed by atoms with Crippen molar-refractivity contribution in [3.63, 3.8) is 0 Å². The van der Waals surface area contributed by atoms with Crippen LogP contribution in [0.25, 0.3) is 0 Å². The topological polar surface area (TPSA) is 50.2 Å². The van der Waals surface area contributed by atoms with E-state index in [1.807, 2.05) is 0 Å². The van der Waals surface area contributed by atoms with Gasteiger partial charge in [-0.15, -0.1) is 0 Å². The number of halogens is 6. The highest BCUT2D eigenvalue weighted by Crippen LogP contribution is 2.35. The van der Waals surface area contributed by atoms with Gasteiger partial charge in [0.2, 0.25) is 0 Å². The molecule has 1 aromatic rings. The van der Waals surface area contributed by atoms with Crippen LogP contribution in [0.4, 0.5) is 26.3 Å². The molecule has 0 aliphatic carbocycles. The van der Waals surface area contributed by atoms with Crippen LogP contribution in [-0.2, 0) is 17.4 Å². The highest BCUT2D eigenvalue weighted by molar-refractivity contribution is 5.71. The second-order valence-electron chi connectivity index (χ2n) is 3.22. The van der Waals surface area contributed by atoms with Crippen molar-refractivity contribution in [3.05, 3.63) is 28.8 Å². The van der Waals surface area contributed by atoms with Gasteiger partial charge in [0.1, 0.15) is 5.69 Å². The molecule has 1 N–H and O–H groups in total. The highest BCUT2D eigenvalue weighted by atomic mass is 19.4. The third-order valence-electron chi connectivity index (χ3n) is 1.99. The number of aliphatic carboxylic acids is 1. The maximum Gasteiger partial charge on any atom is 0.418 e. The van der Waals surface area contributed by atoms with Crippen LogP contribution >= 0.6 is 0 Å². The zero-order chi connectivity index (χ0) is 14.1. The molecule has 0 aliphatic heterocycles. The number of pyridine rings is 1. The summed E-state index contributed by atoms with van der Waals surface area (Å²) in [6.07, 6.45) is -9.86. The molecule has 18 heavy (non-hydrogen) atoms. The van der Waals surface area contributed by atoms with E-state index < -0.39 is 47.6 Å². The molecular weight excluding hydrogens is 268 g/mol. The zero-order valence-electron chi connectivity index (χ0n) is 8.43. The van der Waals surface area contributed by atoms with Crippen LogP contribution in [0, 0.1) is 5.82 Å². The van der Waals surface area contributed by atoms with Gasteiger partial charge in [0, 0.05) is 11.8 Å². The minimum Gasteiger partial charge on any atom is -0.481 e. The number of hydrogen-bond acceptors (Lipinski definition) is 2. The predicted molar refractivity (Wildman–Crippen MR) is 45.5 cm³/mol. The Morgan fingerprint density at radius 3 is 2.33 bits per heavy atom. The SMILES string of the molecule is O=C(O)Cc1c(C(F)(F)F)cnc(C(F)F)c1F. The van der Waals surface area contributed by atoms with Crippen molar-refractivity contribution in [2.45, 2.75) is 19.0 Å². The first-order valence-electron chi connectivity index (χ1n) is 4.39. The Hall–Kier alpha value is -1.80. The summed E-state index contributed by atoms with van der Waals surface area (Å²) in [6, 6.07) is 0. The summed E-state index contributed by atoms with van der Waals surface area (Å²) in [5.74, 6) is -3.71. The Bertz CT molecular complexity index is 471. The number of alkyl halides is 5. The van der Waals surface area contributed by atoms with E-state index in [0.717, 1.165) is 0 Å². The molecule has 100 valence electrons. The highest BCUT2D eigenvalue weighted by Gasteiger charge is 2.37. The van der Waals surface area contributed by atoms with Crippen LogP contribution in [0.5, 0.6) is 0 Å². The summed E-state index contributed by atoms with van der Waals surface area (Å²) in [4.78, 5) is 13.0. The van der Waals surface area contributed by atoms with Crippen molar-refractivity contribution in [1.29, 1.82) is 0 Å². The number of carboxylic acids is 1. The number of nitrogens with zero attached hydrogens (tertiary/aromatic N) is 1. The van der Waals surface area contributed by atoms with E-state index in [1.165, 1.54) is 0 Å². The number of rotatable bonds is 3. The summed E-state index contributed by atoms with van der Waals surface area (Å²) in [5, 5.41) is 8.37. The lowest BCUT2D eigenvalue weighted by Gasteiger charge is -2.13. The van der Waals surface area contributed by atoms with Gasteiger partial charge in [0.05, 0.1) is 12.0 Å². The second-order valence-corrected chi connectivity index (χ2v) is 3.22. The molecule has 0 aromatic carbocycles. The van der Waals surface area contributed by atoms with Gasteiger partial charge < -0.3 is 5.11 Å². The van der Waals surface area contributed by atoms with E-state index in [0.29, 0.717) is 0 Å². The van der Waals surface area contributed by atoms with Crippen LogP contribution < -0.4 is 0 Å². The monoisotopic (exact) mass is 273 g/mol. The van der Waals surface area contributed by atoms with Gasteiger partial charge in [0.15, 0.2) is 5.82 Å². The number of aromatic nitrogens is 1. The van der Waals surface area contributed by atoms with E-state index in [4.69, 9.17) is 5.11 Å². The van der Waals surface area contributed by atoms with Crippen LogP contribution in [0.15, 0.2) is 6.20 Å². The van der Waals surface area contributed by atoms with Gasteiger partial charge in [-0.1, -0.05) is 0 Å². The standard InChI is InChI=1S/C9H5F6NO2/c10-6-3(1-5(17)18)4(9(13,14)15)2-16-7(6)8(11)12/h2,8H,1H2,(H,17,18). The number of hydrogen-bond donors (Lipinski definition) is 1. The average Bonchev–Trinajstić information content (AvgIpc) is 2.17. The lowest BCUT2D eigenvalue weighted by Crippen LogP contribution is -2.16. The zero-order valence-corrected chi connectivity index (χ0v) is 8.43. The largest absolute Gasteiger partial charge is 0.481 e. The lowest BCUT2D eigenvalue weighted by molar-refractivity contribution is -0.140. The predicted octanol–water partition coefficient (Wildman–Crippen LogP) is 2.80. The van der Waals surface area contributed by atoms with Crippen LogP contribution in [0.2, 0.25) is 0 Å². The summed E-state index contributed by atoms with van der Waals surface area (Å²) < 4.78 is 75.1. The first-order valence-corrected chi connectivity index (χ1v) is 4.39. The first-order chi connectivity index (χ1) is 8.14. The van der Waals surface area contributed by atoms with E-state index in [-0.39, 0.29) is 6.20 Å². The molecule has 0 spiro atoms. The Balaban J connectivity index is 3.46. The Kier molecular flexibility index (Phi) is 3.82. The maximum absolute atomic E-state index is 13.4. The minimum absolute atomic E-state index is 0.00282. The Morgan fingerprint density at radius 1 is 1.39 bits per heavy atom. The number of carboxylic acid groups (broad SMARTS) is 1. The molecule has 0 atom stereocenters. The fourth-order valence-corrected chi connectivity index (χ4v) is 1.26. The van der Waals surface area contributed by atoms with Gasteiger partial charge in [0.25, 0.3) is 6.43 Å². The van der Waals surface area contributed by atoms with Crippen molar-refractivity contribution >= 4 is 5.97 Å². The summed E-state index contributed by atoms with van der Waals surface area (Å²) >= 11 is 0. The molecule has 0 fully saturated rings. The molecule has 0 saturated carbocycles. The summed E-state index contributed by atoms with van der Waals surface area (Å²) in [6.45, 7) is 0. The smallest absolute Gasteiger partial charge is 0.418 e. The summed E-state index contributed by atoms with van der Waals surface area (Å²) in [7, 11) is 0. The van der Waals surface area contributed by atoms with E-state index >= 15 is 0 Å². The molecule has 0 amide bonds. The lowest BCUT2D eigenvalue weighted by atomic mass is 10.0. The van der Waals surface area contributed by atoms with Crippen LogP contribution in [0.1, 0.15) is 23.2 Å². The molecule has 3 nitrogen and oxygen atoms in total. The molecular formula is C9H5F6NO2. The van der Waals surface area contributed by atoms with Crippen LogP contribution in [-0.4, -0.2) is 16.1 Å². The molecule has 0 unspecified atom stereocenters. The molecule has 1 heterocycles. The fraction of sp³-hybridized carbons (Fsp3) is 0.333. The Labute approximate surface area is 96.1 Å². The fourth-order valence-electron chi connectivity index (χ4n) is 1.26. The average molecular weight is 273 g/mol. The van der Waals surface area contributed by atoms with Gasteiger partial charge in [-0.2, -0.15) is 13.2 Å². The second kappa shape index (κ2) is 4.83. The van der Waals surface area contributed by atoms with E-state index in [1.54, 1.807) is 0 Å². The maximum atomic E-state index is 13.4. The van der Waals surface area contributed by atoms with Crippen molar-refractivity contribution in [3.8, 4) is 0 Å². The molecule has 0 radical (unpaired) electrons. The Morgan fingerprint density at radius 2 is 1.94 bits per heavy atom. The minimum atomic E-state index is -5.07. The molecule has 9 heteroatoms. The third-order valence-corrected chi connectivity index (χ3v) is 1.99. The molecule has 1 rings (SSSR count). The third kappa shape index (κ3) is 2.90.